The van der Waals surface area contributed by atoms with E-state index in [0.29, 0.717) is 37.3 Å². The molecule has 2 rings (SSSR count). The van der Waals surface area contributed by atoms with Gasteiger partial charge < -0.3 is 24.8 Å². The second kappa shape index (κ2) is 13.7. The van der Waals surface area contributed by atoms with Gasteiger partial charge in [-0.1, -0.05) is 44.5 Å². The number of ether oxygens (including phenoxy) is 1. The Bertz CT molecular complexity index is 1180. The Balaban J connectivity index is 2.30. The molecule has 1 aliphatic rings. The number of aromatic nitrogens is 2. The van der Waals surface area contributed by atoms with Crippen LogP contribution in [-0.4, -0.2) is 62.9 Å². The normalized spacial score (nSPS) is 16.0. The van der Waals surface area contributed by atoms with Gasteiger partial charge in [0.25, 0.3) is 5.91 Å². The molecular weight excluding hydrogens is 550 g/mol. The van der Waals surface area contributed by atoms with Crippen molar-refractivity contribution in [1.29, 1.82) is 0 Å². The van der Waals surface area contributed by atoms with Crippen molar-refractivity contribution in [2.45, 2.75) is 64.3 Å². The maximum Gasteiger partial charge on any atom is 0.410 e. The number of hydrogen-bond donors (Lipinski definition) is 2. The van der Waals surface area contributed by atoms with Crippen LogP contribution in [0.25, 0.3) is 0 Å². The fraction of sp³-hybridized carbons (Fsp3) is 0.481. The molecule has 0 radical (unpaired) electrons. The first-order valence-corrected chi connectivity index (χ1v) is 13.0. The predicted octanol–water partition coefficient (Wildman–Crippen LogP) is 5.61. The van der Waals surface area contributed by atoms with Gasteiger partial charge in [0.2, 0.25) is 0 Å². The molecule has 2 amide bonds. The number of likely N-dealkylation sites (tertiary alicyclic amines) is 1. The van der Waals surface area contributed by atoms with E-state index in [0.717, 1.165) is 0 Å². The Kier molecular flexibility index (Phi) is 11.2. The molecule has 1 atom stereocenters. The molecule has 8 nitrogen and oxygen atoms in total. The van der Waals surface area contributed by atoms with Crippen LogP contribution in [0.2, 0.25) is 0 Å². The maximum absolute atomic E-state index is 13.9. The van der Waals surface area contributed by atoms with Gasteiger partial charge in [0, 0.05) is 25.0 Å². The van der Waals surface area contributed by atoms with Crippen molar-refractivity contribution < 1.29 is 31.9 Å². The average Bonchev–Trinajstić information content (AvgIpc) is 3.30. The number of thiocarbonyl (C=S) groups is 1. The van der Waals surface area contributed by atoms with Crippen molar-refractivity contribution in [3.05, 3.63) is 66.7 Å². The minimum Gasteiger partial charge on any atom is -0.444 e. The molecular formula is C27H35F4N5O3S. The molecule has 0 spiro atoms. The molecule has 0 saturated carbocycles. The number of piperidine rings is 1. The van der Waals surface area contributed by atoms with Gasteiger partial charge in [-0.15, -0.1) is 0 Å². The molecule has 1 aliphatic heterocycles. The maximum atomic E-state index is 13.9. The standard InChI is InChI=1S/C27H35F4N5O3S/c1-7-8-19(28)10-9-17(2)21-22(24(40)34-18(3)23(37)32-15-27(29,30)31)36(16-33-21)20-11-13-35(14-12-20)25(38)39-26(4,5)6/h7-10,16-17,20H,1,3,11-15H2,2,4-6H3,(H,32,37)(H,34,40)/b10-9-,19-8+. The van der Waals surface area contributed by atoms with Crippen LogP contribution >= 0.6 is 12.2 Å². The van der Waals surface area contributed by atoms with Crippen LogP contribution in [0, 0.1) is 0 Å². The summed E-state index contributed by atoms with van der Waals surface area (Å²) in [6.07, 6.45) is 2.98. The molecule has 1 aromatic heterocycles. The quantitative estimate of drug-likeness (QED) is 0.170. The van der Waals surface area contributed by atoms with Crippen LogP contribution in [0.5, 0.6) is 0 Å². The summed E-state index contributed by atoms with van der Waals surface area (Å²) in [7, 11) is 0. The van der Waals surface area contributed by atoms with Crippen molar-refractivity contribution in [2.75, 3.05) is 19.6 Å². The third-order valence-corrected chi connectivity index (χ3v) is 6.08. The molecule has 0 bridgehead atoms. The third-order valence-electron chi connectivity index (χ3n) is 5.79. The summed E-state index contributed by atoms with van der Waals surface area (Å²) in [6.45, 7) is 13.4. The topological polar surface area (TPSA) is 88.5 Å². The molecule has 1 saturated heterocycles. The lowest BCUT2D eigenvalue weighted by atomic mass is 10.0. The van der Waals surface area contributed by atoms with Crippen molar-refractivity contribution in [3.8, 4) is 0 Å². The number of allylic oxidation sites excluding steroid dienone is 5. The largest absolute Gasteiger partial charge is 0.444 e. The summed E-state index contributed by atoms with van der Waals surface area (Å²) in [5, 5.41) is 4.36. The number of imidazole rings is 1. The van der Waals surface area contributed by atoms with Crippen LogP contribution in [0.3, 0.4) is 0 Å². The Morgan fingerprint density at radius 1 is 1.27 bits per heavy atom. The summed E-state index contributed by atoms with van der Waals surface area (Å²) in [4.78, 5) is 30.8. The highest BCUT2D eigenvalue weighted by Crippen LogP contribution is 2.30. The first-order chi connectivity index (χ1) is 18.5. The van der Waals surface area contributed by atoms with E-state index >= 15 is 0 Å². The highest BCUT2D eigenvalue weighted by Gasteiger charge is 2.31. The second-order valence-corrected chi connectivity index (χ2v) is 10.7. The zero-order valence-electron chi connectivity index (χ0n) is 23.0. The summed E-state index contributed by atoms with van der Waals surface area (Å²) < 4.78 is 58.8. The number of nitrogens with zero attached hydrogens (tertiary/aromatic N) is 3. The molecule has 13 heteroatoms. The van der Waals surface area contributed by atoms with E-state index in [2.05, 4.69) is 23.5 Å². The van der Waals surface area contributed by atoms with E-state index in [-0.39, 0.29) is 16.7 Å². The van der Waals surface area contributed by atoms with Crippen LogP contribution in [0.4, 0.5) is 22.4 Å². The van der Waals surface area contributed by atoms with Crippen LogP contribution < -0.4 is 10.6 Å². The van der Waals surface area contributed by atoms with Gasteiger partial charge in [-0.3, -0.25) is 4.79 Å². The Morgan fingerprint density at radius 2 is 1.90 bits per heavy atom. The fourth-order valence-corrected chi connectivity index (χ4v) is 4.24. The fourth-order valence-electron chi connectivity index (χ4n) is 3.91. The number of alkyl halides is 3. The lowest BCUT2D eigenvalue weighted by Gasteiger charge is -2.34. The van der Waals surface area contributed by atoms with E-state index in [1.54, 1.807) is 54.9 Å². The number of carbonyl (C=O) groups excluding carboxylic acids is 2. The minimum atomic E-state index is -4.59. The zero-order chi connectivity index (χ0) is 30.3. The van der Waals surface area contributed by atoms with E-state index < -0.39 is 42.1 Å². The Labute approximate surface area is 236 Å². The van der Waals surface area contributed by atoms with Gasteiger partial charge in [0.05, 0.1) is 23.4 Å². The Hall–Kier alpha value is -3.48. The summed E-state index contributed by atoms with van der Waals surface area (Å²) >= 11 is 5.55. The summed E-state index contributed by atoms with van der Waals surface area (Å²) in [5.74, 6) is -2.02. The van der Waals surface area contributed by atoms with Gasteiger partial charge in [0.1, 0.15) is 23.0 Å². The van der Waals surface area contributed by atoms with Gasteiger partial charge in [0.15, 0.2) is 0 Å². The van der Waals surface area contributed by atoms with E-state index in [4.69, 9.17) is 17.0 Å². The van der Waals surface area contributed by atoms with E-state index in [1.165, 1.54) is 18.2 Å². The van der Waals surface area contributed by atoms with Crippen molar-refractivity contribution in [1.82, 2.24) is 25.1 Å². The molecule has 1 fully saturated rings. The first-order valence-electron chi connectivity index (χ1n) is 12.6. The highest BCUT2D eigenvalue weighted by molar-refractivity contribution is 7.80. The monoisotopic (exact) mass is 585 g/mol. The molecule has 0 aliphatic carbocycles. The average molecular weight is 586 g/mol. The van der Waals surface area contributed by atoms with Gasteiger partial charge in [-0.25, -0.2) is 14.2 Å². The molecule has 2 heterocycles. The summed E-state index contributed by atoms with van der Waals surface area (Å²) in [6, 6.07) is -0.143. The smallest absolute Gasteiger partial charge is 0.410 e. The first kappa shape index (κ1) is 32.7. The molecule has 1 unspecified atom stereocenters. The lowest BCUT2D eigenvalue weighted by Crippen LogP contribution is -2.42. The third kappa shape index (κ3) is 9.92. The SMILES string of the molecule is C=C/C=C(F)\C=C/C(C)c1ncn(C2CCN(C(=O)OC(C)(C)C)CC2)c1C(=S)NC(=C)C(=O)NCC(F)(F)F. The number of carbonyl (C=O) groups is 2. The van der Waals surface area contributed by atoms with Crippen molar-refractivity contribution >= 4 is 29.2 Å². The minimum absolute atomic E-state index is 0.0107. The molecule has 1 aromatic rings. The number of halogens is 4. The zero-order valence-corrected chi connectivity index (χ0v) is 23.8. The second-order valence-electron chi connectivity index (χ2n) is 10.2. The highest BCUT2D eigenvalue weighted by atomic mass is 32.1. The van der Waals surface area contributed by atoms with Crippen molar-refractivity contribution in [2.24, 2.45) is 0 Å². The Morgan fingerprint density at radius 3 is 2.45 bits per heavy atom. The predicted molar refractivity (Wildman–Crippen MR) is 148 cm³/mol. The van der Waals surface area contributed by atoms with Crippen LogP contribution in [0.1, 0.15) is 63.9 Å². The number of amides is 2. The van der Waals surface area contributed by atoms with E-state index in [9.17, 15) is 27.2 Å². The molecule has 220 valence electrons. The number of hydrogen-bond acceptors (Lipinski definition) is 5. The summed E-state index contributed by atoms with van der Waals surface area (Å²) in [5.41, 5.74) is -0.147. The van der Waals surface area contributed by atoms with Gasteiger partial charge in [-0.05, 0) is 45.8 Å². The van der Waals surface area contributed by atoms with Crippen molar-refractivity contribution in [3.63, 3.8) is 0 Å². The molecule has 0 aromatic carbocycles. The van der Waals surface area contributed by atoms with Crippen LogP contribution in [0.15, 0.2) is 55.3 Å². The number of rotatable bonds is 9. The molecule has 2 N–H and O–H groups in total. The van der Waals surface area contributed by atoms with Gasteiger partial charge >= 0.3 is 12.3 Å². The molecule has 40 heavy (non-hydrogen) atoms. The van der Waals surface area contributed by atoms with E-state index in [1.807, 2.05) is 0 Å². The van der Waals surface area contributed by atoms with Gasteiger partial charge in [-0.2, -0.15) is 13.2 Å². The number of nitrogens with one attached hydrogen (secondary N) is 2. The van der Waals surface area contributed by atoms with Crippen LogP contribution in [-0.2, 0) is 9.53 Å². The lowest BCUT2D eigenvalue weighted by molar-refractivity contribution is -0.136.